The van der Waals surface area contributed by atoms with Crippen molar-refractivity contribution in [2.45, 2.75) is 76.5 Å². The molecule has 2 aliphatic heterocycles. The molecule has 2 fully saturated rings. The van der Waals surface area contributed by atoms with Crippen LogP contribution in [0.3, 0.4) is 0 Å². The van der Waals surface area contributed by atoms with Gasteiger partial charge in [-0.15, -0.1) is 0 Å². The van der Waals surface area contributed by atoms with Crippen molar-refractivity contribution in [3.05, 3.63) is 113 Å². The van der Waals surface area contributed by atoms with Gasteiger partial charge in [0, 0.05) is 54.1 Å². The minimum Gasteiger partial charge on any atom is -0.381 e. The summed E-state index contributed by atoms with van der Waals surface area (Å²) in [5, 5.41) is 24.1. The molecule has 4 heterocycles. The van der Waals surface area contributed by atoms with E-state index < -0.39 is 36.4 Å². The highest BCUT2D eigenvalue weighted by molar-refractivity contribution is 6.23. The zero-order chi connectivity index (χ0) is 38.9. The van der Waals surface area contributed by atoms with Crippen molar-refractivity contribution < 1.29 is 29.1 Å². The molecule has 56 heavy (non-hydrogen) atoms. The molecular weight excluding hydrogens is 713 g/mol. The number of benzene rings is 3. The summed E-state index contributed by atoms with van der Waals surface area (Å²) < 4.78 is 1.83. The van der Waals surface area contributed by atoms with Gasteiger partial charge < -0.3 is 21.1 Å². The van der Waals surface area contributed by atoms with Crippen LogP contribution >= 0.6 is 0 Å². The second-order valence-electron chi connectivity index (χ2n) is 14.5. The van der Waals surface area contributed by atoms with E-state index in [4.69, 9.17) is 4.98 Å². The lowest BCUT2D eigenvalue weighted by molar-refractivity contribution is -0.155. The number of amides is 5. The van der Waals surface area contributed by atoms with E-state index in [0.717, 1.165) is 70.9 Å². The third kappa shape index (κ3) is 7.10. The first-order valence-corrected chi connectivity index (χ1v) is 19.0. The Morgan fingerprint density at radius 1 is 0.857 bits per heavy atom. The van der Waals surface area contributed by atoms with E-state index >= 15 is 0 Å². The quantitative estimate of drug-likeness (QED) is 0.130. The van der Waals surface area contributed by atoms with Crippen molar-refractivity contribution in [1.82, 2.24) is 29.7 Å². The zero-order valence-electron chi connectivity index (χ0n) is 30.9. The molecule has 2 aromatic heterocycles. The minimum absolute atomic E-state index is 0.0182. The van der Waals surface area contributed by atoms with E-state index in [-0.39, 0.29) is 42.0 Å². The Morgan fingerprint density at radius 2 is 1.59 bits per heavy atom. The number of aliphatic hydroxyl groups excluding tert-OH is 1. The summed E-state index contributed by atoms with van der Waals surface area (Å²) in [5.74, 6) is -1.66. The number of aliphatic hydroxyl groups is 1. The third-order valence-electron chi connectivity index (χ3n) is 10.8. The number of piperidine rings is 1. The number of aromatic nitrogens is 3. The van der Waals surface area contributed by atoms with Crippen molar-refractivity contribution in [2.24, 2.45) is 0 Å². The van der Waals surface area contributed by atoms with Gasteiger partial charge in [-0.1, -0.05) is 49.7 Å². The molecule has 14 heteroatoms. The number of anilines is 2. The zero-order valence-corrected chi connectivity index (χ0v) is 30.9. The molecule has 1 saturated carbocycles. The van der Waals surface area contributed by atoms with Gasteiger partial charge in [0.25, 0.3) is 23.6 Å². The lowest BCUT2D eigenvalue weighted by Crippen LogP contribution is -2.56. The molecule has 1 saturated heterocycles. The Bertz CT molecular complexity index is 2340. The number of nitrogens with one attached hydrogen (secondary N) is 3. The SMILES string of the molecule is CCCc1cc(N[C@@H]2CC[C@@H](NC(=O)c3ccc(-c4ccc(CNc5ccc6c(c5)C(=O)N(C5CCC(=O)N(CO)C5=O)C6=O)cc4)cc3)C2)n2nccc2n1. The highest BCUT2D eigenvalue weighted by Gasteiger charge is 2.47. The second kappa shape index (κ2) is 15.4. The fourth-order valence-corrected chi connectivity index (χ4v) is 7.87. The maximum atomic E-state index is 13.3. The van der Waals surface area contributed by atoms with Crippen molar-refractivity contribution >= 4 is 46.7 Å². The topological polar surface area (TPSA) is 178 Å². The third-order valence-corrected chi connectivity index (χ3v) is 10.8. The Kier molecular flexibility index (Phi) is 10.0. The monoisotopic (exact) mass is 754 g/mol. The predicted octanol–water partition coefficient (Wildman–Crippen LogP) is 4.79. The van der Waals surface area contributed by atoms with Gasteiger partial charge in [-0.3, -0.25) is 33.8 Å². The average molecular weight is 755 g/mol. The molecule has 3 aliphatic rings. The number of hydrogen-bond donors (Lipinski definition) is 4. The molecular formula is C42H42N8O6. The Balaban J connectivity index is 0.838. The van der Waals surface area contributed by atoms with Gasteiger partial charge in [0.1, 0.15) is 18.6 Å². The van der Waals surface area contributed by atoms with E-state index in [9.17, 15) is 29.1 Å². The summed E-state index contributed by atoms with van der Waals surface area (Å²) in [6.45, 7) is 1.79. The number of likely N-dealkylation sites (tertiary alicyclic amines) is 1. The molecule has 14 nitrogen and oxygen atoms in total. The average Bonchev–Trinajstić information content (AvgIpc) is 3.93. The molecule has 0 spiro atoms. The van der Waals surface area contributed by atoms with Crippen LogP contribution in [0.2, 0.25) is 0 Å². The van der Waals surface area contributed by atoms with Crippen LogP contribution in [0, 0.1) is 0 Å². The summed E-state index contributed by atoms with van der Waals surface area (Å²) in [7, 11) is 0. The van der Waals surface area contributed by atoms with Crippen molar-refractivity contribution in [3.63, 3.8) is 0 Å². The summed E-state index contributed by atoms with van der Waals surface area (Å²) in [4.78, 5) is 70.7. The predicted molar refractivity (Wildman–Crippen MR) is 208 cm³/mol. The van der Waals surface area contributed by atoms with Crippen LogP contribution in [0.15, 0.2) is 85.1 Å². The van der Waals surface area contributed by atoms with E-state index in [0.29, 0.717) is 22.7 Å². The van der Waals surface area contributed by atoms with Crippen molar-refractivity contribution in [3.8, 4) is 11.1 Å². The second-order valence-corrected chi connectivity index (χ2v) is 14.5. The number of nitrogens with zero attached hydrogens (tertiary/aromatic N) is 5. The molecule has 3 aromatic carbocycles. The molecule has 5 aromatic rings. The Labute approximate surface area is 322 Å². The number of carbonyl (C=O) groups excluding carboxylic acids is 5. The summed E-state index contributed by atoms with van der Waals surface area (Å²) in [6.07, 6.45) is 6.29. The molecule has 3 atom stereocenters. The van der Waals surface area contributed by atoms with Crippen molar-refractivity contribution in [1.29, 1.82) is 0 Å². The van der Waals surface area contributed by atoms with Gasteiger partial charge in [0.15, 0.2) is 5.65 Å². The van der Waals surface area contributed by atoms with E-state index in [1.165, 1.54) is 0 Å². The van der Waals surface area contributed by atoms with Gasteiger partial charge in [0.05, 0.1) is 17.3 Å². The first-order valence-electron chi connectivity index (χ1n) is 19.0. The molecule has 1 unspecified atom stereocenters. The Morgan fingerprint density at radius 3 is 2.34 bits per heavy atom. The van der Waals surface area contributed by atoms with E-state index in [1.807, 2.05) is 59.1 Å². The number of carbonyl (C=O) groups is 5. The molecule has 1 aliphatic carbocycles. The fourth-order valence-electron chi connectivity index (χ4n) is 7.87. The molecule has 0 bridgehead atoms. The fraction of sp³-hybridized carbons (Fsp3) is 0.310. The highest BCUT2D eigenvalue weighted by Crippen LogP contribution is 2.31. The molecule has 286 valence electrons. The van der Waals surface area contributed by atoms with Crippen LogP contribution in [0.25, 0.3) is 16.8 Å². The highest BCUT2D eigenvalue weighted by atomic mass is 16.3. The van der Waals surface area contributed by atoms with Crippen LogP contribution in [-0.4, -0.2) is 83.9 Å². The first kappa shape index (κ1) is 36.6. The van der Waals surface area contributed by atoms with E-state index in [1.54, 1.807) is 24.4 Å². The van der Waals surface area contributed by atoms with E-state index in [2.05, 4.69) is 34.0 Å². The normalized spacial score (nSPS) is 19.5. The van der Waals surface area contributed by atoms with Crippen LogP contribution in [0.1, 0.15) is 87.8 Å². The van der Waals surface area contributed by atoms with Crippen LogP contribution in [0.4, 0.5) is 11.5 Å². The molecule has 8 rings (SSSR count). The minimum atomic E-state index is -1.14. The van der Waals surface area contributed by atoms with Gasteiger partial charge in [-0.25, -0.2) is 4.98 Å². The van der Waals surface area contributed by atoms with Crippen LogP contribution in [0.5, 0.6) is 0 Å². The molecule has 0 radical (unpaired) electrons. The smallest absolute Gasteiger partial charge is 0.262 e. The van der Waals surface area contributed by atoms with Gasteiger partial charge in [0.2, 0.25) is 5.91 Å². The Hall–Kier alpha value is -6.41. The van der Waals surface area contributed by atoms with Gasteiger partial charge in [-0.2, -0.15) is 9.61 Å². The van der Waals surface area contributed by atoms with Gasteiger partial charge in [-0.05, 0) is 79.1 Å². The maximum absolute atomic E-state index is 13.3. The summed E-state index contributed by atoms with van der Waals surface area (Å²) in [6, 6.07) is 23.6. The van der Waals surface area contributed by atoms with Gasteiger partial charge >= 0.3 is 0 Å². The maximum Gasteiger partial charge on any atom is 0.262 e. The van der Waals surface area contributed by atoms with Crippen LogP contribution < -0.4 is 16.0 Å². The number of rotatable bonds is 12. The lowest BCUT2D eigenvalue weighted by atomic mass is 10.0. The number of fused-ring (bicyclic) bond motifs is 2. The molecule has 4 N–H and O–H groups in total. The lowest BCUT2D eigenvalue weighted by Gasteiger charge is -2.33. The number of imide groups is 2. The largest absolute Gasteiger partial charge is 0.381 e. The first-order chi connectivity index (χ1) is 27.2. The summed E-state index contributed by atoms with van der Waals surface area (Å²) in [5.41, 5.74) is 6.42. The van der Waals surface area contributed by atoms with Crippen LogP contribution in [-0.2, 0) is 22.6 Å². The standard InChI is InChI=1S/C42H42N8O6/c1-2-3-30-22-37(50-36(45-30)18-19-44-50)46-31-12-13-32(20-31)47-39(53)28-10-8-27(9-11-28)26-6-4-25(5-7-26)23-43-29-14-15-33-34(21-29)41(55)49(40(33)54)35-16-17-38(52)48(24-51)42(35)56/h4-11,14-15,18-19,21-22,31-32,35,43,46,51H,2-3,12-13,16-17,20,23-24H2,1H3,(H,47,53)/t31-,32-,35?/m1/s1. The van der Waals surface area contributed by atoms with Crippen molar-refractivity contribution in [2.75, 3.05) is 17.4 Å². The summed E-state index contributed by atoms with van der Waals surface area (Å²) >= 11 is 0. The number of hydrogen-bond acceptors (Lipinski definition) is 10. The number of aryl methyl sites for hydroxylation is 1. The molecule has 5 amide bonds.